The van der Waals surface area contributed by atoms with E-state index in [2.05, 4.69) is 205 Å². The zero-order chi connectivity index (χ0) is 34.1. The molecule has 0 fully saturated rings. The minimum Gasteiger partial charge on any atom is -0.308 e. The van der Waals surface area contributed by atoms with Crippen LogP contribution in [0.4, 0.5) is 17.1 Å². The number of benzene rings is 8. The highest BCUT2D eigenvalue weighted by Crippen LogP contribution is 2.52. The van der Waals surface area contributed by atoms with Crippen LogP contribution in [0.3, 0.4) is 0 Å². The molecule has 0 aliphatic heterocycles. The normalized spacial score (nSPS) is 13.1. The minimum atomic E-state index is -0.112. The Balaban J connectivity index is 1.35. The largest absolute Gasteiger partial charge is 0.308 e. The first kappa shape index (κ1) is 29.5. The molecule has 2 heteroatoms. The molecule has 1 aromatic heterocycles. The van der Waals surface area contributed by atoms with Gasteiger partial charge in [-0.25, -0.2) is 0 Å². The summed E-state index contributed by atoms with van der Waals surface area (Å²) < 4.78 is 2.51. The van der Waals surface area contributed by atoms with Crippen LogP contribution in [0.15, 0.2) is 182 Å². The molecule has 0 bridgehead atoms. The number of aromatic nitrogens is 1. The summed E-state index contributed by atoms with van der Waals surface area (Å²) in [5.74, 6) is 0. The van der Waals surface area contributed by atoms with Crippen LogP contribution in [0.2, 0.25) is 0 Å². The van der Waals surface area contributed by atoms with Crippen LogP contribution in [0.25, 0.3) is 60.5 Å². The SMILES string of the molecule is CC1(C)c2ccccc2-c2ccc(N(c3ccccc3)c3cccc4c5c(-c6ccccc6)cc6ccccc6c5n(-c5ccccc5)c34)cc21. The standard InChI is InChI=1S/C49H36N2/c1-49(2)43-27-15-14-25-39(43)40-30-29-37(32-44(40)49)50(35-20-8-4-9-21-35)45-28-16-26-41-46-42(33-17-6-3-7-18-33)31-34-19-12-13-24-38(34)48(46)51(47(41)45)36-22-10-5-11-23-36/h3-32H,1-2H3. The Morgan fingerprint density at radius 1 is 0.451 bits per heavy atom. The number of nitrogens with zero attached hydrogens (tertiary/aromatic N) is 2. The highest BCUT2D eigenvalue weighted by molar-refractivity contribution is 6.26. The Hall–Kier alpha value is -6.38. The Kier molecular flexibility index (Phi) is 6.56. The van der Waals surface area contributed by atoms with Crippen LogP contribution < -0.4 is 4.90 Å². The van der Waals surface area contributed by atoms with Crippen LogP contribution >= 0.6 is 0 Å². The Labute approximate surface area is 298 Å². The van der Waals surface area contributed by atoms with E-state index in [0.29, 0.717) is 0 Å². The van der Waals surface area contributed by atoms with E-state index in [1.54, 1.807) is 0 Å². The van der Waals surface area contributed by atoms with E-state index in [1.165, 1.54) is 66.0 Å². The van der Waals surface area contributed by atoms with Gasteiger partial charge in [-0.3, -0.25) is 0 Å². The summed E-state index contributed by atoms with van der Waals surface area (Å²) in [4.78, 5) is 2.46. The predicted molar refractivity (Wildman–Crippen MR) is 216 cm³/mol. The van der Waals surface area contributed by atoms with Crippen LogP contribution in [-0.2, 0) is 5.41 Å². The maximum absolute atomic E-state index is 2.51. The molecule has 1 heterocycles. The molecule has 1 aliphatic carbocycles. The van der Waals surface area contributed by atoms with Gasteiger partial charge >= 0.3 is 0 Å². The van der Waals surface area contributed by atoms with Crippen molar-refractivity contribution in [3.8, 4) is 27.9 Å². The molecular weight excluding hydrogens is 617 g/mol. The number of hydrogen-bond acceptors (Lipinski definition) is 1. The molecule has 2 nitrogen and oxygen atoms in total. The highest BCUT2D eigenvalue weighted by Gasteiger charge is 2.36. The van der Waals surface area contributed by atoms with E-state index < -0.39 is 0 Å². The Morgan fingerprint density at radius 3 is 1.90 bits per heavy atom. The topological polar surface area (TPSA) is 8.17 Å². The Bertz CT molecular complexity index is 2760. The molecule has 0 saturated heterocycles. The molecule has 0 amide bonds. The summed E-state index contributed by atoms with van der Waals surface area (Å²) in [6.45, 7) is 4.72. The van der Waals surface area contributed by atoms with Crippen LogP contribution in [0.5, 0.6) is 0 Å². The lowest BCUT2D eigenvalue weighted by atomic mass is 9.82. The molecule has 0 saturated carbocycles. The maximum Gasteiger partial charge on any atom is 0.0782 e. The zero-order valence-corrected chi connectivity index (χ0v) is 28.7. The molecule has 1 aliphatic rings. The van der Waals surface area contributed by atoms with Crippen molar-refractivity contribution in [3.05, 3.63) is 193 Å². The van der Waals surface area contributed by atoms with Gasteiger partial charge < -0.3 is 9.47 Å². The van der Waals surface area contributed by atoms with Gasteiger partial charge in [0.2, 0.25) is 0 Å². The van der Waals surface area contributed by atoms with E-state index >= 15 is 0 Å². The number of hydrogen-bond donors (Lipinski definition) is 0. The third-order valence-corrected chi connectivity index (χ3v) is 10.9. The van der Waals surface area contributed by atoms with Gasteiger partial charge in [-0.1, -0.05) is 147 Å². The second-order valence-electron chi connectivity index (χ2n) is 14.2. The van der Waals surface area contributed by atoms with Crippen LogP contribution in [0.1, 0.15) is 25.0 Å². The van der Waals surface area contributed by atoms with Gasteiger partial charge in [0.15, 0.2) is 0 Å². The molecule has 8 aromatic carbocycles. The quantitative estimate of drug-likeness (QED) is 0.180. The lowest BCUT2D eigenvalue weighted by Gasteiger charge is -2.29. The summed E-state index contributed by atoms with van der Waals surface area (Å²) in [7, 11) is 0. The monoisotopic (exact) mass is 652 g/mol. The molecule has 0 radical (unpaired) electrons. The summed E-state index contributed by atoms with van der Waals surface area (Å²) in [5.41, 5.74) is 14.7. The summed E-state index contributed by atoms with van der Waals surface area (Å²) in [6.07, 6.45) is 0. The van der Waals surface area contributed by atoms with Crippen molar-refractivity contribution >= 4 is 49.6 Å². The van der Waals surface area contributed by atoms with Gasteiger partial charge in [-0.15, -0.1) is 0 Å². The van der Waals surface area contributed by atoms with E-state index in [9.17, 15) is 0 Å². The predicted octanol–water partition coefficient (Wildman–Crippen LogP) is 13.4. The van der Waals surface area contributed by atoms with Gasteiger partial charge in [-0.2, -0.15) is 0 Å². The zero-order valence-electron chi connectivity index (χ0n) is 28.7. The second-order valence-corrected chi connectivity index (χ2v) is 14.2. The summed E-state index contributed by atoms with van der Waals surface area (Å²) in [5, 5.41) is 4.96. The lowest BCUT2D eigenvalue weighted by molar-refractivity contribution is 0.660. The second kappa shape index (κ2) is 11.3. The van der Waals surface area contributed by atoms with Crippen molar-refractivity contribution < 1.29 is 0 Å². The van der Waals surface area contributed by atoms with Crippen molar-refractivity contribution in [2.75, 3.05) is 4.90 Å². The summed E-state index contributed by atoms with van der Waals surface area (Å²) in [6, 6.07) is 66.6. The van der Waals surface area contributed by atoms with E-state index in [0.717, 1.165) is 22.7 Å². The smallest absolute Gasteiger partial charge is 0.0782 e. The molecule has 242 valence electrons. The first-order chi connectivity index (χ1) is 25.1. The highest BCUT2D eigenvalue weighted by atomic mass is 15.2. The fraction of sp³-hybridized carbons (Fsp3) is 0.0612. The third kappa shape index (κ3) is 4.43. The molecule has 0 atom stereocenters. The summed E-state index contributed by atoms with van der Waals surface area (Å²) >= 11 is 0. The van der Waals surface area contributed by atoms with Crippen molar-refractivity contribution in [3.63, 3.8) is 0 Å². The van der Waals surface area contributed by atoms with Crippen molar-refractivity contribution in [1.29, 1.82) is 0 Å². The molecule has 51 heavy (non-hydrogen) atoms. The average molecular weight is 653 g/mol. The van der Waals surface area contributed by atoms with Gasteiger partial charge in [-0.05, 0) is 87.3 Å². The molecule has 0 spiro atoms. The van der Waals surface area contributed by atoms with E-state index in [-0.39, 0.29) is 5.41 Å². The lowest BCUT2D eigenvalue weighted by Crippen LogP contribution is -2.17. The number of fused-ring (bicyclic) bond motifs is 8. The van der Waals surface area contributed by atoms with Gasteiger partial charge in [0.25, 0.3) is 0 Å². The molecule has 10 rings (SSSR count). The van der Waals surface area contributed by atoms with E-state index in [4.69, 9.17) is 0 Å². The average Bonchev–Trinajstić information content (AvgIpc) is 3.66. The fourth-order valence-corrected chi connectivity index (χ4v) is 8.61. The molecule has 9 aromatic rings. The fourth-order valence-electron chi connectivity index (χ4n) is 8.61. The van der Waals surface area contributed by atoms with E-state index in [1.807, 2.05) is 0 Å². The van der Waals surface area contributed by atoms with Crippen molar-refractivity contribution in [1.82, 2.24) is 4.57 Å². The van der Waals surface area contributed by atoms with Gasteiger partial charge in [0.1, 0.15) is 0 Å². The number of rotatable bonds is 5. The first-order valence-corrected chi connectivity index (χ1v) is 17.8. The minimum absolute atomic E-state index is 0.112. The molecular formula is C49H36N2. The Morgan fingerprint density at radius 2 is 1.10 bits per heavy atom. The third-order valence-electron chi connectivity index (χ3n) is 10.9. The molecule has 0 N–H and O–H groups in total. The van der Waals surface area contributed by atoms with Crippen molar-refractivity contribution in [2.45, 2.75) is 19.3 Å². The maximum atomic E-state index is 2.51. The van der Waals surface area contributed by atoms with Crippen LogP contribution in [-0.4, -0.2) is 4.57 Å². The number of anilines is 3. The van der Waals surface area contributed by atoms with Crippen molar-refractivity contribution in [2.24, 2.45) is 0 Å². The van der Waals surface area contributed by atoms with Gasteiger partial charge in [0.05, 0.1) is 16.7 Å². The number of para-hydroxylation sites is 3. The first-order valence-electron chi connectivity index (χ1n) is 17.8. The van der Waals surface area contributed by atoms with Gasteiger partial charge in [0, 0.05) is 38.6 Å². The molecule has 0 unspecified atom stereocenters. The van der Waals surface area contributed by atoms with Crippen LogP contribution in [0, 0.1) is 0 Å².